The maximum absolute atomic E-state index is 13.6. The molecule has 1 N–H and O–H groups in total. The fourth-order valence-corrected chi connectivity index (χ4v) is 4.33. The summed E-state index contributed by atoms with van der Waals surface area (Å²) in [6.45, 7) is 6.56. The molecule has 4 heterocycles. The van der Waals surface area contributed by atoms with Gasteiger partial charge in [-0.05, 0) is 51.8 Å². The number of nitrogens with zero attached hydrogens (tertiary/aromatic N) is 8. The number of rotatable bonds is 7. The van der Waals surface area contributed by atoms with Crippen LogP contribution in [0.25, 0.3) is 11.5 Å². The SMILES string of the molecule is CC(C)N(C)c1cc2c(c(CN(C)C(=O)O)n1)CN(c1cccc(-c3nncn3C3(C)CC3)n1)C2=O. The van der Waals surface area contributed by atoms with E-state index >= 15 is 0 Å². The van der Waals surface area contributed by atoms with Crippen molar-refractivity contribution >= 4 is 23.6 Å². The van der Waals surface area contributed by atoms with Crippen molar-refractivity contribution in [2.24, 2.45) is 0 Å². The fourth-order valence-electron chi connectivity index (χ4n) is 4.33. The molecule has 2 amide bonds. The largest absolute Gasteiger partial charge is 0.465 e. The van der Waals surface area contributed by atoms with Crippen LogP contribution in [0.15, 0.2) is 30.6 Å². The van der Waals surface area contributed by atoms with E-state index in [9.17, 15) is 14.7 Å². The highest BCUT2D eigenvalue weighted by molar-refractivity contribution is 6.10. The summed E-state index contributed by atoms with van der Waals surface area (Å²) in [4.78, 5) is 39.4. The van der Waals surface area contributed by atoms with Crippen LogP contribution in [0.5, 0.6) is 0 Å². The average Bonchev–Trinajstić information content (AvgIpc) is 3.26. The lowest BCUT2D eigenvalue weighted by Gasteiger charge is -2.24. The first-order valence-electron chi connectivity index (χ1n) is 12.0. The average molecular weight is 491 g/mol. The van der Waals surface area contributed by atoms with E-state index in [1.807, 2.05) is 37.9 Å². The third-order valence-electron chi connectivity index (χ3n) is 7.18. The number of hydrogen-bond donors (Lipinski definition) is 1. The molecule has 3 aromatic rings. The van der Waals surface area contributed by atoms with Crippen molar-refractivity contribution in [3.05, 3.63) is 47.4 Å². The van der Waals surface area contributed by atoms with Crippen LogP contribution in [0.1, 0.15) is 55.2 Å². The zero-order valence-electron chi connectivity index (χ0n) is 21.1. The van der Waals surface area contributed by atoms with E-state index in [2.05, 4.69) is 21.7 Å². The minimum atomic E-state index is -1.06. The second-order valence-corrected chi connectivity index (χ2v) is 10.1. The molecule has 188 valence electrons. The minimum Gasteiger partial charge on any atom is -0.465 e. The van der Waals surface area contributed by atoms with Gasteiger partial charge < -0.3 is 19.5 Å². The number of amides is 2. The quantitative estimate of drug-likeness (QED) is 0.535. The molecule has 11 nitrogen and oxygen atoms in total. The van der Waals surface area contributed by atoms with Crippen molar-refractivity contribution in [3.8, 4) is 11.5 Å². The number of anilines is 2. The molecule has 2 aliphatic rings. The Kier molecular flexibility index (Phi) is 5.65. The van der Waals surface area contributed by atoms with Crippen LogP contribution in [0, 0.1) is 0 Å². The Hall–Kier alpha value is -4.02. The third kappa shape index (κ3) is 4.04. The summed E-state index contributed by atoms with van der Waals surface area (Å²) in [5.41, 5.74) is 2.45. The van der Waals surface area contributed by atoms with Gasteiger partial charge in [0, 0.05) is 31.2 Å². The third-order valence-corrected chi connectivity index (χ3v) is 7.18. The van der Waals surface area contributed by atoms with Crippen molar-refractivity contribution in [1.82, 2.24) is 29.6 Å². The Bertz CT molecular complexity index is 1350. The van der Waals surface area contributed by atoms with Crippen molar-refractivity contribution in [2.75, 3.05) is 23.9 Å². The van der Waals surface area contributed by atoms with Crippen molar-refractivity contribution in [1.29, 1.82) is 0 Å². The summed E-state index contributed by atoms with van der Waals surface area (Å²) >= 11 is 0. The Morgan fingerprint density at radius 3 is 2.64 bits per heavy atom. The van der Waals surface area contributed by atoms with Gasteiger partial charge in [-0.25, -0.2) is 14.8 Å². The van der Waals surface area contributed by atoms with E-state index in [0.29, 0.717) is 34.4 Å². The molecule has 11 heteroatoms. The van der Waals surface area contributed by atoms with Gasteiger partial charge in [0.15, 0.2) is 5.82 Å². The molecular formula is C25H30N8O3. The number of carbonyl (C=O) groups is 2. The second-order valence-electron chi connectivity index (χ2n) is 10.1. The maximum Gasteiger partial charge on any atom is 0.407 e. The molecule has 0 radical (unpaired) electrons. The first kappa shape index (κ1) is 23.7. The summed E-state index contributed by atoms with van der Waals surface area (Å²) in [7, 11) is 3.40. The molecule has 0 saturated heterocycles. The number of hydrogen-bond acceptors (Lipinski definition) is 7. The van der Waals surface area contributed by atoms with Gasteiger partial charge in [0.1, 0.15) is 23.7 Å². The van der Waals surface area contributed by atoms with Crippen molar-refractivity contribution in [3.63, 3.8) is 0 Å². The zero-order chi connectivity index (χ0) is 25.8. The number of carbonyl (C=O) groups excluding carboxylic acids is 1. The summed E-state index contributed by atoms with van der Waals surface area (Å²) < 4.78 is 2.05. The summed E-state index contributed by atoms with van der Waals surface area (Å²) in [6, 6.07) is 7.46. The van der Waals surface area contributed by atoms with Gasteiger partial charge in [0.25, 0.3) is 5.91 Å². The smallest absolute Gasteiger partial charge is 0.407 e. The minimum absolute atomic E-state index is 0.00575. The van der Waals surface area contributed by atoms with Crippen LogP contribution in [-0.2, 0) is 18.6 Å². The zero-order valence-corrected chi connectivity index (χ0v) is 21.1. The molecule has 0 bridgehead atoms. The van der Waals surface area contributed by atoms with Crippen molar-refractivity contribution in [2.45, 2.75) is 58.3 Å². The van der Waals surface area contributed by atoms with Gasteiger partial charge in [-0.3, -0.25) is 9.69 Å². The molecule has 0 unspecified atom stereocenters. The monoisotopic (exact) mass is 490 g/mol. The number of pyridine rings is 2. The van der Waals surface area contributed by atoms with Crippen molar-refractivity contribution < 1.29 is 14.7 Å². The Morgan fingerprint density at radius 2 is 1.97 bits per heavy atom. The molecule has 5 rings (SSSR count). The molecule has 1 saturated carbocycles. The first-order chi connectivity index (χ1) is 17.1. The first-order valence-corrected chi connectivity index (χ1v) is 12.0. The molecule has 0 atom stereocenters. The molecule has 0 aromatic carbocycles. The van der Waals surface area contributed by atoms with Crippen LogP contribution in [0.4, 0.5) is 16.4 Å². The topological polar surface area (TPSA) is 121 Å². The number of fused-ring (bicyclic) bond motifs is 1. The normalized spacial score (nSPS) is 15.8. The van der Waals surface area contributed by atoms with E-state index in [4.69, 9.17) is 9.97 Å². The highest BCUT2D eigenvalue weighted by Crippen LogP contribution is 2.44. The van der Waals surface area contributed by atoms with E-state index in [1.54, 1.807) is 23.4 Å². The van der Waals surface area contributed by atoms with Gasteiger partial charge in [-0.1, -0.05) is 6.07 Å². The molecule has 1 fully saturated rings. The molecule has 1 aliphatic heterocycles. The predicted molar refractivity (Wildman–Crippen MR) is 134 cm³/mol. The summed E-state index contributed by atoms with van der Waals surface area (Å²) in [5, 5.41) is 17.8. The lowest BCUT2D eigenvalue weighted by Crippen LogP contribution is -2.29. The van der Waals surface area contributed by atoms with Gasteiger partial charge in [-0.2, -0.15) is 0 Å². The van der Waals surface area contributed by atoms with E-state index in [1.165, 1.54) is 11.9 Å². The second kappa shape index (κ2) is 8.58. The van der Waals surface area contributed by atoms with Gasteiger partial charge in [0.2, 0.25) is 0 Å². The van der Waals surface area contributed by atoms with Crippen LogP contribution in [0.3, 0.4) is 0 Å². The molecule has 36 heavy (non-hydrogen) atoms. The van der Waals surface area contributed by atoms with E-state index in [-0.39, 0.29) is 30.6 Å². The summed E-state index contributed by atoms with van der Waals surface area (Å²) in [5.74, 6) is 1.61. The Balaban J connectivity index is 1.52. The van der Waals surface area contributed by atoms with Gasteiger partial charge >= 0.3 is 6.09 Å². The molecule has 1 aliphatic carbocycles. The van der Waals surface area contributed by atoms with Gasteiger partial charge in [0.05, 0.1) is 24.3 Å². The van der Waals surface area contributed by atoms with E-state index in [0.717, 1.165) is 18.4 Å². The molecule has 3 aromatic heterocycles. The fraction of sp³-hybridized carbons (Fsp3) is 0.440. The highest BCUT2D eigenvalue weighted by atomic mass is 16.4. The Morgan fingerprint density at radius 1 is 1.22 bits per heavy atom. The standard InChI is InChI=1S/C25H30N8O3/c1-15(2)31(5)21-11-16-17(19(28-21)13-30(4)24(35)36)12-32(23(16)34)20-8-6-7-18(27-20)22-29-26-14-33(22)25(3)9-10-25/h6-8,11,14-15H,9-10,12-13H2,1-5H3,(H,35,36). The lowest BCUT2D eigenvalue weighted by atomic mass is 10.1. The predicted octanol–water partition coefficient (Wildman–Crippen LogP) is 3.36. The number of aromatic nitrogens is 5. The molecular weight excluding hydrogens is 460 g/mol. The summed E-state index contributed by atoms with van der Waals surface area (Å²) in [6.07, 6.45) is 2.80. The van der Waals surface area contributed by atoms with Gasteiger partial charge in [-0.15, -0.1) is 10.2 Å². The highest BCUT2D eigenvalue weighted by Gasteiger charge is 2.41. The van der Waals surface area contributed by atoms with Crippen LogP contribution in [0.2, 0.25) is 0 Å². The van der Waals surface area contributed by atoms with Crippen LogP contribution >= 0.6 is 0 Å². The Labute approximate surface area is 209 Å². The number of carboxylic acid groups (broad SMARTS) is 1. The lowest BCUT2D eigenvalue weighted by molar-refractivity contribution is 0.0996. The molecule has 0 spiro atoms. The van der Waals surface area contributed by atoms with Crippen LogP contribution < -0.4 is 9.80 Å². The van der Waals surface area contributed by atoms with E-state index < -0.39 is 6.09 Å². The van der Waals surface area contributed by atoms with Crippen LogP contribution in [-0.4, -0.2) is 66.9 Å². The maximum atomic E-state index is 13.6.